The average molecular weight is 334 g/mol. The lowest BCUT2D eigenvalue weighted by molar-refractivity contribution is 1.40. The molecule has 94 valence electrons. The van der Waals surface area contributed by atoms with Crippen LogP contribution in [0.2, 0.25) is 5.02 Å². The molecule has 1 aromatic heterocycles. The highest BCUT2D eigenvalue weighted by Crippen LogP contribution is 2.27. The zero-order chi connectivity index (χ0) is 13.2. The van der Waals surface area contributed by atoms with E-state index in [1.807, 2.05) is 48.5 Å². The van der Waals surface area contributed by atoms with Gasteiger partial charge in [0.2, 0.25) is 0 Å². The molecule has 0 radical (unpaired) electrons. The van der Waals surface area contributed by atoms with Crippen LogP contribution in [0.15, 0.2) is 59.2 Å². The molecule has 2 nitrogen and oxygen atoms in total. The van der Waals surface area contributed by atoms with Gasteiger partial charge in [-0.15, -0.1) is 0 Å². The molecule has 0 aliphatic rings. The molecule has 3 aromatic rings. The predicted octanol–water partition coefficient (Wildman–Crippen LogP) is 5.39. The summed E-state index contributed by atoms with van der Waals surface area (Å²) in [5.41, 5.74) is 2.94. The van der Waals surface area contributed by atoms with Gasteiger partial charge in [0.05, 0.1) is 5.52 Å². The van der Waals surface area contributed by atoms with E-state index in [4.69, 9.17) is 11.6 Å². The number of nitrogens with one attached hydrogen (secondary N) is 1. The second kappa shape index (κ2) is 5.19. The number of halogens is 2. The molecular formula is C15H10BrClN2. The van der Waals surface area contributed by atoms with Crippen molar-refractivity contribution >= 4 is 49.8 Å². The third-order valence-electron chi connectivity index (χ3n) is 2.83. The van der Waals surface area contributed by atoms with Crippen LogP contribution >= 0.6 is 27.5 Å². The molecule has 1 N–H and O–H groups in total. The van der Waals surface area contributed by atoms with Gasteiger partial charge in [-0.2, -0.15) is 0 Å². The maximum absolute atomic E-state index is 6.05. The van der Waals surface area contributed by atoms with Crippen LogP contribution in [0, 0.1) is 0 Å². The minimum absolute atomic E-state index is 0.708. The van der Waals surface area contributed by atoms with E-state index >= 15 is 0 Å². The van der Waals surface area contributed by atoms with Crippen molar-refractivity contribution in [3.05, 3.63) is 64.2 Å². The highest BCUT2D eigenvalue weighted by atomic mass is 79.9. The normalized spacial score (nSPS) is 10.6. The van der Waals surface area contributed by atoms with E-state index in [0.717, 1.165) is 26.8 Å². The Hall–Kier alpha value is -1.58. The quantitative estimate of drug-likeness (QED) is 0.679. The van der Waals surface area contributed by atoms with E-state index in [1.165, 1.54) is 0 Å². The monoisotopic (exact) mass is 332 g/mol. The summed E-state index contributed by atoms with van der Waals surface area (Å²) >= 11 is 9.48. The predicted molar refractivity (Wildman–Crippen MR) is 84.2 cm³/mol. The van der Waals surface area contributed by atoms with Crippen molar-refractivity contribution in [2.75, 3.05) is 5.32 Å². The molecule has 0 aliphatic carbocycles. The van der Waals surface area contributed by atoms with Crippen LogP contribution in [0.5, 0.6) is 0 Å². The minimum atomic E-state index is 0.708. The zero-order valence-electron chi connectivity index (χ0n) is 9.90. The van der Waals surface area contributed by atoms with Gasteiger partial charge in [0.25, 0.3) is 0 Å². The first kappa shape index (κ1) is 12.5. The van der Waals surface area contributed by atoms with Gasteiger partial charge in [0, 0.05) is 32.5 Å². The Balaban J connectivity index is 2.05. The van der Waals surface area contributed by atoms with Crippen molar-refractivity contribution in [2.24, 2.45) is 0 Å². The Labute approximate surface area is 124 Å². The van der Waals surface area contributed by atoms with E-state index in [2.05, 4.69) is 26.2 Å². The van der Waals surface area contributed by atoms with E-state index in [9.17, 15) is 0 Å². The first-order valence-electron chi connectivity index (χ1n) is 5.79. The van der Waals surface area contributed by atoms with Crippen LogP contribution in [0.3, 0.4) is 0 Å². The summed E-state index contributed by atoms with van der Waals surface area (Å²) in [5, 5.41) is 5.10. The first-order chi connectivity index (χ1) is 9.22. The SMILES string of the molecule is Clc1ccc2nccc(Nc3ccc(Br)cc3)c2c1. The summed E-state index contributed by atoms with van der Waals surface area (Å²) in [6, 6.07) is 15.7. The number of pyridine rings is 1. The van der Waals surface area contributed by atoms with Crippen LogP contribution in [0.4, 0.5) is 11.4 Å². The fourth-order valence-electron chi connectivity index (χ4n) is 1.92. The Kier molecular flexibility index (Phi) is 3.40. The van der Waals surface area contributed by atoms with Crippen LogP contribution in [-0.2, 0) is 0 Å². The molecule has 0 fully saturated rings. The molecule has 0 saturated carbocycles. The molecule has 0 amide bonds. The van der Waals surface area contributed by atoms with Gasteiger partial charge in [-0.1, -0.05) is 27.5 Å². The van der Waals surface area contributed by atoms with E-state index in [1.54, 1.807) is 6.20 Å². The Morgan fingerprint density at radius 2 is 1.79 bits per heavy atom. The maximum Gasteiger partial charge on any atom is 0.0723 e. The van der Waals surface area contributed by atoms with Crippen molar-refractivity contribution in [1.29, 1.82) is 0 Å². The maximum atomic E-state index is 6.05. The summed E-state index contributed by atoms with van der Waals surface area (Å²) in [5.74, 6) is 0. The smallest absolute Gasteiger partial charge is 0.0723 e. The van der Waals surface area contributed by atoms with Crippen molar-refractivity contribution in [2.45, 2.75) is 0 Å². The minimum Gasteiger partial charge on any atom is -0.355 e. The number of fused-ring (bicyclic) bond motifs is 1. The second-order valence-electron chi connectivity index (χ2n) is 4.15. The highest BCUT2D eigenvalue weighted by Gasteiger charge is 2.03. The third-order valence-corrected chi connectivity index (χ3v) is 3.59. The number of benzene rings is 2. The van der Waals surface area contributed by atoms with Gasteiger partial charge in [-0.25, -0.2) is 0 Å². The molecule has 4 heteroatoms. The summed E-state index contributed by atoms with van der Waals surface area (Å²) in [7, 11) is 0. The Morgan fingerprint density at radius 3 is 2.58 bits per heavy atom. The van der Waals surface area contributed by atoms with E-state index in [-0.39, 0.29) is 0 Å². The van der Waals surface area contributed by atoms with Gasteiger partial charge in [-0.05, 0) is 48.5 Å². The molecular weight excluding hydrogens is 324 g/mol. The molecule has 1 heterocycles. The van der Waals surface area contributed by atoms with Gasteiger partial charge in [0.1, 0.15) is 0 Å². The summed E-state index contributed by atoms with van der Waals surface area (Å²) in [4.78, 5) is 4.33. The number of anilines is 2. The highest BCUT2D eigenvalue weighted by molar-refractivity contribution is 9.10. The van der Waals surface area contributed by atoms with E-state index in [0.29, 0.717) is 5.02 Å². The Bertz CT molecular complexity index is 726. The largest absolute Gasteiger partial charge is 0.355 e. The number of hydrogen-bond donors (Lipinski definition) is 1. The van der Waals surface area contributed by atoms with Gasteiger partial charge in [-0.3, -0.25) is 4.98 Å². The second-order valence-corrected chi connectivity index (χ2v) is 5.50. The Morgan fingerprint density at radius 1 is 1.00 bits per heavy atom. The van der Waals surface area contributed by atoms with Crippen molar-refractivity contribution in [3.63, 3.8) is 0 Å². The number of aromatic nitrogens is 1. The number of nitrogens with zero attached hydrogens (tertiary/aromatic N) is 1. The lowest BCUT2D eigenvalue weighted by Crippen LogP contribution is -1.92. The summed E-state index contributed by atoms with van der Waals surface area (Å²) in [6.45, 7) is 0. The molecule has 0 bridgehead atoms. The lowest BCUT2D eigenvalue weighted by atomic mass is 10.2. The summed E-state index contributed by atoms with van der Waals surface area (Å²) < 4.78 is 1.06. The van der Waals surface area contributed by atoms with Crippen LogP contribution in [0.1, 0.15) is 0 Å². The summed E-state index contributed by atoms with van der Waals surface area (Å²) in [6.07, 6.45) is 1.79. The molecule has 0 saturated heterocycles. The van der Waals surface area contributed by atoms with Crippen LogP contribution in [-0.4, -0.2) is 4.98 Å². The molecule has 0 spiro atoms. The third kappa shape index (κ3) is 2.72. The van der Waals surface area contributed by atoms with E-state index < -0.39 is 0 Å². The number of rotatable bonds is 2. The molecule has 2 aromatic carbocycles. The first-order valence-corrected chi connectivity index (χ1v) is 6.96. The standard InChI is InChI=1S/C15H10BrClN2/c16-10-1-4-12(5-2-10)19-15-7-8-18-14-6-3-11(17)9-13(14)15/h1-9H,(H,18,19). The number of hydrogen-bond acceptors (Lipinski definition) is 2. The lowest BCUT2D eigenvalue weighted by Gasteiger charge is -2.09. The molecule has 0 unspecified atom stereocenters. The topological polar surface area (TPSA) is 24.9 Å². The fraction of sp³-hybridized carbons (Fsp3) is 0. The van der Waals surface area contributed by atoms with Crippen molar-refractivity contribution in [3.8, 4) is 0 Å². The van der Waals surface area contributed by atoms with Crippen LogP contribution < -0.4 is 5.32 Å². The van der Waals surface area contributed by atoms with Crippen molar-refractivity contribution in [1.82, 2.24) is 4.98 Å². The average Bonchev–Trinajstić information content (AvgIpc) is 2.42. The molecule has 19 heavy (non-hydrogen) atoms. The van der Waals surface area contributed by atoms with Gasteiger partial charge >= 0.3 is 0 Å². The van der Waals surface area contributed by atoms with Crippen LogP contribution in [0.25, 0.3) is 10.9 Å². The van der Waals surface area contributed by atoms with Gasteiger partial charge < -0.3 is 5.32 Å². The molecule has 3 rings (SSSR count). The fourth-order valence-corrected chi connectivity index (χ4v) is 2.35. The molecule has 0 aliphatic heterocycles. The van der Waals surface area contributed by atoms with Crippen molar-refractivity contribution < 1.29 is 0 Å². The molecule has 0 atom stereocenters. The van der Waals surface area contributed by atoms with Gasteiger partial charge in [0.15, 0.2) is 0 Å². The zero-order valence-corrected chi connectivity index (χ0v) is 12.2.